The third-order valence-electron chi connectivity index (χ3n) is 3.57. The van der Waals surface area contributed by atoms with Gasteiger partial charge in [-0.25, -0.2) is 4.98 Å². The summed E-state index contributed by atoms with van der Waals surface area (Å²) in [5.74, 6) is 1.97. The van der Waals surface area contributed by atoms with Crippen LogP contribution in [0.15, 0.2) is 36.4 Å². The number of benzene rings is 1. The fraction of sp³-hybridized carbons (Fsp3) is 0.353. The minimum Gasteiger partial charge on any atom is -0.439 e. The Bertz CT molecular complexity index is 564. The number of nitrogens with two attached hydrogens (primary N) is 1. The van der Waals surface area contributed by atoms with E-state index >= 15 is 0 Å². The zero-order chi connectivity index (χ0) is 14.5. The average Bonchev–Trinajstić information content (AvgIpc) is 2.47. The second kappa shape index (κ2) is 6.53. The molecule has 0 aliphatic heterocycles. The Morgan fingerprint density at radius 3 is 2.45 bits per heavy atom. The lowest BCUT2D eigenvalue weighted by molar-refractivity contribution is 0.454. The van der Waals surface area contributed by atoms with Crippen molar-refractivity contribution in [1.82, 2.24) is 4.98 Å². The van der Waals surface area contributed by atoms with E-state index in [1.54, 1.807) is 0 Å². The Kier molecular flexibility index (Phi) is 4.74. The molecule has 0 radical (unpaired) electrons. The normalized spacial score (nSPS) is 12.2. The van der Waals surface area contributed by atoms with E-state index in [0.717, 1.165) is 23.4 Å². The van der Waals surface area contributed by atoms with Gasteiger partial charge in [0.25, 0.3) is 0 Å². The molecule has 1 unspecified atom stereocenters. The maximum Gasteiger partial charge on any atom is 0.223 e. The van der Waals surface area contributed by atoms with Crippen LogP contribution in [0, 0.1) is 6.92 Å². The fourth-order valence-corrected chi connectivity index (χ4v) is 2.02. The summed E-state index contributed by atoms with van der Waals surface area (Å²) in [5.41, 5.74) is 8.89. The van der Waals surface area contributed by atoms with Crippen molar-refractivity contribution in [2.24, 2.45) is 5.73 Å². The quantitative estimate of drug-likeness (QED) is 0.887. The van der Waals surface area contributed by atoms with Crippen LogP contribution < -0.4 is 10.5 Å². The Hall–Kier alpha value is -1.87. The van der Waals surface area contributed by atoms with Gasteiger partial charge in [0.05, 0.1) is 0 Å². The Balaban J connectivity index is 2.20. The predicted molar refractivity (Wildman–Crippen MR) is 82.1 cm³/mol. The number of hydrogen-bond donors (Lipinski definition) is 1. The number of aromatic nitrogens is 1. The van der Waals surface area contributed by atoms with Crippen LogP contribution >= 0.6 is 0 Å². The van der Waals surface area contributed by atoms with Gasteiger partial charge >= 0.3 is 0 Å². The van der Waals surface area contributed by atoms with Crippen molar-refractivity contribution in [3.8, 4) is 11.6 Å². The summed E-state index contributed by atoms with van der Waals surface area (Å²) in [4.78, 5) is 4.41. The van der Waals surface area contributed by atoms with Crippen LogP contribution in [0.2, 0.25) is 0 Å². The third kappa shape index (κ3) is 3.36. The first-order chi connectivity index (χ1) is 9.63. The molecule has 0 saturated heterocycles. The van der Waals surface area contributed by atoms with Crippen LogP contribution in [-0.4, -0.2) is 4.98 Å². The first-order valence-corrected chi connectivity index (χ1v) is 7.08. The first-order valence-electron chi connectivity index (χ1n) is 7.08. The number of rotatable bonds is 5. The van der Waals surface area contributed by atoms with Crippen molar-refractivity contribution in [2.75, 3.05) is 0 Å². The molecule has 0 spiro atoms. The second-order valence-electron chi connectivity index (χ2n) is 5.10. The van der Waals surface area contributed by atoms with Crippen molar-refractivity contribution in [3.05, 3.63) is 53.2 Å². The van der Waals surface area contributed by atoms with E-state index in [9.17, 15) is 0 Å². The summed E-state index contributed by atoms with van der Waals surface area (Å²) in [5, 5.41) is 0. The van der Waals surface area contributed by atoms with Crippen LogP contribution in [0.25, 0.3) is 0 Å². The molecule has 1 aromatic carbocycles. The maximum absolute atomic E-state index is 5.86. The van der Waals surface area contributed by atoms with E-state index in [-0.39, 0.29) is 0 Å². The molecule has 2 aromatic rings. The number of ether oxygens (including phenoxy) is 1. The van der Waals surface area contributed by atoms with E-state index < -0.39 is 0 Å². The van der Waals surface area contributed by atoms with Gasteiger partial charge in [-0.15, -0.1) is 0 Å². The standard InChI is InChI=1S/C17H22N2O/c1-4-12(2)14-7-9-16(10-8-14)20-17-15(11-18)6-5-13(3)19-17/h5-10,12H,4,11,18H2,1-3H3. The Morgan fingerprint density at radius 2 is 1.85 bits per heavy atom. The fourth-order valence-electron chi connectivity index (χ4n) is 2.02. The number of nitrogens with zero attached hydrogens (tertiary/aromatic N) is 1. The molecule has 1 atom stereocenters. The highest BCUT2D eigenvalue weighted by Gasteiger charge is 2.07. The van der Waals surface area contributed by atoms with Gasteiger partial charge in [0, 0.05) is 17.8 Å². The van der Waals surface area contributed by atoms with Gasteiger partial charge < -0.3 is 10.5 Å². The molecule has 3 nitrogen and oxygen atoms in total. The zero-order valence-corrected chi connectivity index (χ0v) is 12.4. The molecule has 1 aromatic heterocycles. The Morgan fingerprint density at radius 1 is 1.15 bits per heavy atom. The molecular weight excluding hydrogens is 248 g/mol. The third-order valence-corrected chi connectivity index (χ3v) is 3.57. The predicted octanol–water partition coefficient (Wildman–Crippen LogP) is 4.15. The lowest BCUT2D eigenvalue weighted by Crippen LogP contribution is -2.02. The highest BCUT2D eigenvalue weighted by molar-refractivity contribution is 5.35. The van der Waals surface area contributed by atoms with Crippen molar-refractivity contribution >= 4 is 0 Å². The molecule has 2 rings (SSSR count). The van der Waals surface area contributed by atoms with E-state index in [2.05, 4.69) is 31.0 Å². The minimum atomic E-state index is 0.424. The molecular formula is C17H22N2O. The molecule has 0 fully saturated rings. The molecule has 0 aliphatic carbocycles. The SMILES string of the molecule is CCC(C)c1ccc(Oc2nc(C)ccc2CN)cc1. The van der Waals surface area contributed by atoms with E-state index in [1.165, 1.54) is 5.56 Å². The first kappa shape index (κ1) is 14.5. The number of aryl methyl sites for hydroxylation is 1. The number of pyridine rings is 1. The lowest BCUT2D eigenvalue weighted by atomic mass is 9.99. The van der Waals surface area contributed by atoms with Gasteiger partial charge in [0.1, 0.15) is 5.75 Å². The monoisotopic (exact) mass is 270 g/mol. The topological polar surface area (TPSA) is 48.1 Å². The number of hydrogen-bond acceptors (Lipinski definition) is 3. The maximum atomic E-state index is 5.86. The molecule has 0 amide bonds. The average molecular weight is 270 g/mol. The van der Waals surface area contributed by atoms with E-state index in [0.29, 0.717) is 18.3 Å². The van der Waals surface area contributed by atoms with Crippen molar-refractivity contribution in [3.63, 3.8) is 0 Å². The van der Waals surface area contributed by atoms with Crippen molar-refractivity contribution in [2.45, 2.75) is 39.7 Å². The van der Waals surface area contributed by atoms with Gasteiger partial charge in [-0.2, -0.15) is 0 Å². The minimum absolute atomic E-state index is 0.424. The van der Waals surface area contributed by atoms with Crippen LogP contribution in [0.4, 0.5) is 0 Å². The molecule has 0 bridgehead atoms. The van der Waals surface area contributed by atoms with Crippen molar-refractivity contribution in [1.29, 1.82) is 0 Å². The summed E-state index contributed by atoms with van der Waals surface area (Å²) in [7, 11) is 0. The molecule has 2 N–H and O–H groups in total. The van der Waals surface area contributed by atoms with Crippen LogP contribution in [0.1, 0.15) is 43.0 Å². The van der Waals surface area contributed by atoms with Crippen molar-refractivity contribution < 1.29 is 4.74 Å². The zero-order valence-electron chi connectivity index (χ0n) is 12.4. The van der Waals surface area contributed by atoms with Crippen LogP contribution in [-0.2, 0) is 6.54 Å². The summed E-state index contributed by atoms with van der Waals surface area (Å²) in [6.07, 6.45) is 1.14. The second-order valence-corrected chi connectivity index (χ2v) is 5.10. The van der Waals surface area contributed by atoms with Gasteiger partial charge in [0.15, 0.2) is 0 Å². The molecule has 1 heterocycles. The molecule has 106 valence electrons. The summed E-state index contributed by atoms with van der Waals surface area (Å²) in [6.45, 7) is 6.79. The smallest absolute Gasteiger partial charge is 0.223 e. The molecule has 3 heteroatoms. The van der Waals surface area contributed by atoms with Crippen LogP contribution in [0.5, 0.6) is 11.6 Å². The van der Waals surface area contributed by atoms with E-state index in [4.69, 9.17) is 10.5 Å². The van der Waals surface area contributed by atoms with Crippen LogP contribution in [0.3, 0.4) is 0 Å². The summed E-state index contributed by atoms with van der Waals surface area (Å²) in [6, 6.07) is 12.1. The Labute approximate surface area is 120 Å². The molecule has 0 aliphatic rings. The van der Waals surface area contributed by atoms with Gasteiger partial charge in [-0.1, -0.05) is 32.0 Å². The van der Waals surface area contributed by atoms with Gasteiger partial charge in [0.2, 0.25) is 5.88 Å². The lowest BCUT2D eigenvalue weighted by Gasteiger charge is -2.12. The van der Waals surface area contributed by atoms with Gasteiger partial charge in [-0.3, -0.25) is 0 Å². The highest BCUT2D eigenvalue weighted by atomic mass is 16.5. The summed E-state index contributed by atoms with van der Waals surface area (Å²) < 4.78 is 5.86. The summed E-state index contributed by atoms with van der Waals surface area (Å²) >= 11 is 0. The molecule has 20 heavy (non-hydrogen) atoms. The highest BCUT2D eigenvalue weighted by Crippen LogP contribution is 2.26. The largest absolute Gasteiger partial charge is 0.439 e. The van der Waals surface area contributed by atoms with E-state index in [1.807, 2.05) is 31.2 Å². The van der Waals surface area contributed by atoms with Gasteiger partial charge in [-0.05, 0) is 43.0 Å². The molecule has 0 saturated carbocycles.